The second-order valence-corrected chi connectivity index (χ2v) is 2.55. The largest absolute Gasteiger partial charge is 0.306 e. The normalized spacial score (nSPS) is 13.8. The Balaban J connectivity index is 3.53. The van der Waals surface area contributed by atoms with E-state index in [1.807, 2.05) is 6.08 Å². The highest BCUT2D eigenvalue weighted by atomic mass is 15.1. The first-order chi connectivity index (χ1) is 4.22. The molecule has 0 amide bonds. The Hall–Kier alpha value is -0.300. The van der Waals surface area contributed by atoms with E-state index in [1.165, 1.54) is 6.42 Å². The van der Waals surface area contributed by atoms with Gasteiger partial charge in [-0.2, -0.15) is 0 Å². The summed E-state index contributed by atoms with van der Waals surface area (Å²) in [6, 6.07) is 0.683. The third-order valence-electron chi connectivity index (χ3n) is 1.64. The molecule has 0 saturated heterocycles. The lowest BCUT2D eigenvalue weighted by molar-refractivity contribution is 0.288. The maximum absolute atomic E-state index is 3.70. The van der Waals surface area contributed by atoms with Crippen LogP contribution in [0.15, 0.2) is 12.7 Å². The molecule has 0 aliphatic carbocycles. The predicted octanol–water partition coefficient (Wildman–Crippen LogP) is 1.90. The van der Waals surface area contributed by atoms with Crippen molar-refractivity contribution in [2.24, 2.45) is 0 Å². The van der Waals surface area contributed by atoms with Crippen LogP contribution in [-0.4, -0.2) is 25.0 Å². The second kappa shape index (κ2) is 4.57. The molecule has 1 heteroatoms. The van der Waals surface area contributed by atoms with Crippen LogP contribution >= 0.6 is 0 Å². The molecule has 9 heavy (non-hydrogen) atoms. The number of rotatable bonds is 4. The summed E-state index contributed by atoms with van der Waals surface area (Å²) in [5.74, 6) is 0. The SMILES string of the molecule is C=CCC(CC)N(C)C. The molecule has 0 aromatic rings. The fourth-order valence-corrected chi connectivity index (χ4v) is 0.935. The van der Waals surface area contributed by atoms with Gasteiger partial charge in [0.15, 0.2) is 0 Å². The standard InChI is InChI=1S/C8H17N/c1-5-7-8(6-2)9(3)4/h5,8H,1,6-7H2,2-4H3. The molecule has 1 nitrogen and oxygen atoms in total. The molecule has 0 aliphatic rings. The summed E-state index contributed by atoms with van der Waals surface area (Å²) in [6.07, 6.45) is 4.29. The average Bonchev–Trinajstić information content (AvgIpc) is 1.82. The summed E-state index contributed by atoms with van der Waals surface area (Å²) < 4.78 is 0. The number of nitrogens with zero attached hydrogens (tertiary/aromatic N) is 1. The topological polar surface area (TPSA) is 3.24 Å². The molecule has 0 aromatic heterocycles. The van der Waals surface area contributed by atoms with Crippen molar-refractivity contribution in [2.75, 3.05) is 14.1 Å². The van der Waals surface area contributed by atoms with Gasteiger partial charge in [-0.3, -0.25) is 0 Å². The van der Waals surface area contributed by atoms with Crippen LogP contribution in [-0.2, 0) is 0 Å². The summed E-state index contributed by atoms with van der Waals surface area (Å²) >= 11 is 0. The van der Waals surface area contributed by atoms with Gasteiger partial charge in [0.05, 0.1) is 0 Å². The molecular weight excluding hydrogens is 110 g/mol. The Kier molecular flexibility index (Phi) is 4.41. The minimum Gasteiger partial charge on any atom is -0.306 e. The monoisotopic (exact) mass is 127 g/mol. The van der Waals surface area contributed by atoms with Gasteiger partial charge >= 0.3 is 0 Å². The zero-order valence-corrected chi connectivity index (χ0v) is 6.72. The van der Waals surface area contributed by atoms with Crippen LogP contribution < -0.4 is 0 Å². The van der Waals surface area contributed by atoms with Crippen molar-refractivity contribution >= 4 is 0 Å². The first kappa shape index (κ1) is 8.70. The van der Waals surface area contributed by atoms with E-state index in [0.717, 1.165) is 6.42 Å². The van der Waals surface area contributed by atoms with E-state index in [-0.39, 0.29) is 0 Å². The molecule has 1 atom stereocenters. The molecule has 0 bridgehead atoms. The Morgan fingerprint density at radius 1 is 1.56 bits per heavy atom. The van der Waals surface area contributed by atoms with E-state index in [4.69, 9.17) is 0 Å². The van der Waals surface area contributed by atoms with Crippen molar-refractivity contribution in [2.45, 2.75) is 25.8 Å². The van der Waals surface area contributed by atoms with Gasteiger partial charge in [0.2, 0.25) is 0 Å². The van der Waals surface area contributed by atoms with E-state index in [9.17, 15) is 0 Å². The van der Waals surface area contributed by atoms with Gasteiger partial charge in [0.25, 0.3) is 0 Å². The lowest BCUT2D eigenvalue weighted by Gasteiger charge is -2.20. The van der Waals surface area contributed by atoms with E-state index < -0.39 is 0 Å². The van der Waals surface area contributed by atoms with Gasteiger partial charge < -0.3 is 4.90 Å². The Bertz CT molecular complexity index is 76.6. The van der Waals surface area contributed by atoms with Crippen LogP contribution in [0.5, 0.6) is 0 Å². The summed E-state index contributed by atoms with van der Waals surface area (Å²) in [4.78, 5) is 2.24. The second-order valence-electron chi connectivity index (χ2n) is 2.55. The molecule has 54 valence electrons. The van der Waals surface area contributed by atoms with Crippen LogP contribution in [0.3, 0.4) is 0 Å². The molecule has 1 unspecified atom stereocenters. The van der Waals surface area contributed by atoms with Crippen LogP contribution in [0.4, 0.5) is 0 Å². The number of hydrogen-bond donors (Lipinski definition) is 0. The highest BCUT2D eigenvalue weighted by Crippen LogP contribution is 2.03. The van der Waals surface area contributed by atoms with Gasteiger partial charge in [-0.1, -0.05) is 13.0 Å². The molecule has 0 fully saturated rings. The fourth-order valence-electron chi connectivity index (χ4n) is 0.935. The third-order valence-corrected chi connectivity index (χ3v) is 1.64. The van der Waals surface area contributed by atoms with Crippen LogP contribution in [0.25, 0.3) is 0 Å². The van der Waals surface area contributed by atoms with Gasteiger partial charge in [-0.25, -0.2) is 0 Å². The quantitative estimate of drug-likeness (QED) is 0.521. The smallest absolute Gasteiger partial charge is 0.0121 e. The van der Waals surface area contributed by atoms with E-state index >= 15 is 0 Å². The van der Waals surface area contributed by atoms with Crippen LogP contribution in [0, 0.1) is 0 Å². The van der Waals surface area contributed by atoms with E-state index in [2.05, 4.69) is 32.5 Å². The molecule has 0 radical (unpaired) electrons. The molecule has 0 aliphatic heterocycles. The Labute approximate surface area is 58.4 Å². The van der Waals surface area contributed by atoms with E-state index in [0.29, 0.717) is 6.04 Å². The fraction of sp³-hybridized carbons (Fsp3) is 0.750. The highest BCUT2D eigenvalue weighted by molar-refractivity contribution is 4.76. The molecular formula is C8H17N. The summed E-state index contributed by atoms with van der Waals surface area (Å²) in [6.45, 7) is 5.91. The van der Waals surface area contributed by atoms with Crippen molar-refractivity contribution in [3.8, 4) is 0 Å². The Morgan fingerprint density at radius 2 is 2.11 bits per heavy atom. The summed E-state index contributed by atoms with van der Waals surface area (Å²) in [5.41, 5.74) is 0. The molecule has 0 spiro atoms. The molecule has 0 N–H and O–H groups in total. The van der Waals surface area contributed by atoms with Gasteiger partial charge in [-0.05, 0) is 26.9 Å². The van der Waals surface area contributed by atoms with Crippen molar-refractivity contribution in [3.63, 3.8) is 0 Å². The van der Waals surface area contributed by atoms with Crippen LogP contribution in [0.1, 0.15) is 19.8 Å². The lowest BCUT2D eigenvalue weighted by Crippen LogP contribution is -2.26. The number of hydrogen-bond acceptors (Lipinski definition) is 1. The predicted molar refractivity (Wildman–Crippen MR) is 42.6 cm³/mol. The summed E-state index contributed by atoms with van der Waals surface area (Å²) in [7, 11) is 4.22. The minimum atomic E-state index is 0.683. The van der Waals surface area contributed by atoms with E-state index in [1.54, 1.807) is 0 Å². The molecule has 0 saturated carbocycles. The average molecular weight is 127 g/mol. The molecule has 0 aromatic carbocycles. The van der Waals surface area contributed by atoms with Crippen molar-refractivity contribution in [3.05, 3.63) is 12.7 Å². The van der Waals surface area contributed by atoms with Crippen LogP contribution in [0.2, 0.25) is 0 Å². The first-order valence-corrected chi connectivity index (χ1v) is 3.49. The lowest BCUT2D eigenvalue weighted by atomic mass is 10.1. The molecule has 0 heterocycles. The molecule has 0 rings (SSSR count). The highest BCUT2D eigenvalue weighted by Gasteiger charge is 2.04. The van der Waals surface area contributed by atoms with Gasteiger partial charge in [-0.15, -0.1) is 6.58 Å². The summed E-state index contributed by atoms with van der Waals surface area (Å²) in [5, 5.41) is 0. The van der Waals surface area contributed by atoms with Crippen molar-refractivity contribution in [1.29, 1.82) is 0 Å². The zero-order chi connectivity index (χ0) is 7.28. The van der Waals surface area contributed by atoms with Gasteiger partial charge in [0.1, 0.15) is 0 Å². The maximum atomic E-state index is 3.70. The minimum absolute atomic E-state index is 0.683. The van der Waals surface area contributed by atoms with Crippen molar-refractivity contribution < 1.29 is 0 Å². The zero-order valence-electron chi connectivity index (χ0n) is 6.72. The third kappa shape index (κ3) is 3.31. The maximum Gasteiger partial charge on any atom is 0.0121 e. The van der Waals surface area contributed by atoms with Crippen molar-refractivity contribution in [1.82, 2.24) is 4.90 Å². The Morgan fingerprint density at radius 3 is 2.22 bits per heavy atom. The van der Waals surface area contributed by atoms with Gasteiger partial charge in [0, 0.05) is 6.04 Å². The first-order valence-electron chi connectivity index (χ1n) is 3.49.